The Kier molecular flexibility index (Phi) is 6.72. The lowest BCUT2D eigenvalue weighted by Gasteiger charge is -2.15. The molecule has 0 radical (unpaired) electrons. The second-order valence-corrected chi connectivity index (χ2v) is 8.92. The number of hydrogen-bond donors (Lipinski definition) is 3. The van der Waals surface area contributed by atoms with Crippen LogP contribution in [0.25, 0.3) is 17.0 Å². The quantitative estimate of drug-likeness (QED) is 0.331. The Morgan fingerprint density at radius 1 is 1.24 bits per heavy atom. The van der Waals surface area contributed by atoms with Crippen molar-refractivity contribution >= 4 is 11.5 Å². The topological polar surface area (TPSA) is 123 Å². The van der Waals surface area contributed by atoms with E-state index in [0.717, 1.165) is 30.5 Å². The number of aliphatic hydroxyl groups excluding tert-OH is 1. The standard InChI is InChI=1S/C26H29N5O3/c1-17-25(23(33)11-21(27)19-5-3-18(4-6-19)12-28-2)30-22(13-29-17)20-7-8-24(34)31(14-20)15-26(16-32)9-10-26/h3-8,11,13-14,28,32H,9-10,12,15-16,27H2,1-2H3/b21-11-. The summed E-state index contributed by atoms with van der Waals surface area (Å²) >= 11 is 0. The van der Waals surface area contributed by atoms with Gasteiger partial charge in [-0.1, -0.05) is 24.3 Å². The Balaban J connectivity index is 1.60. The van der Waals surface area contributed by atoms with Gasteiger partial charge in [-0.2, -0.15) is 0 Å². The highest BCUT2D eigenvalue weighted by atomic mass is 16.3. The van der Waals surface area contributed by atoms with Gasteiger partial charge in [0.15, 0.2) is 0 Å². The number of nitrogens with zero attached hydrogens (tertiary/aromatic N) is 3. The number of aryl methyl sites for hydroxylation is 1. The lowest BCUT2D eigenvalue weighted by atomic mass is 10.1. The number of rotatable bonds is 9. The van der Waals surface area contributed by atoms with Crippen molar-refractivity contribution in [3.05, 3.63) is 87.7 Å². The van der Waals surface area contributed by atoms with E-state index >= 15 is 0 Å². The van der Waals surface area contributed by atoms with Gasteiger partial charge < -0.3 is 20.7 Å². The van der Waals surface area contributed by atoms with Crippen LogP contribution in [0.5, 0.6) is 0 Å². The van der Waals surface area contributed by atoms with Crippen molar-refractivity contribution in [1.82, 2.24) is 19.9 Å². The molecular formula is C26H29N5O3. The maximum absolute atomic E-state index is 13.0. The first kappa shape index (κ1) is 23.5. The van der Waals surface area contributed by atoms with Crippen molar-refractivity contribution in [2.24, 2.45) is 11.1 Å². The molecule has 4 rings (SSSR count). The SMILES string of the molecule is CNCc1ccc(/C(N)=C/C(=O)c2nc(-c3ccc(=O)n(CC4(CO)CC4)c3)cnc2C)cc1. The molecule has 3 aromatic rings. The molecule has 0 bridgehead atoms. The van der Waals surface area contributed by atoms with Crippen molar-refractivity contribution in [3.63, 3.8) is 0 Å². The Hall–Kier alpha value is -3.62. The average Bonchev–Trinajstić information content (AvgIpc) is 3.61. The van der Waals surface area contributed by atoms with Crippen LogP contribution in [0.2, 0.25) is 0 Å². The Morgan fingerprint density at radius 2 is 1.97 bits per heavy atom. The van der Waals surface area contributed by atoms with Crippen LogP contribution in [-0.2, 0) is 13.1 Å². The fourth-order valence-corrected chi connectivity index (χ4v) is 3.84. The molecule has 1 saturated carbocycles. The van der Waals surface area contributed by atoms with Gasteiger partial charge in [0.25, 0.3) is 5.56 Å². The molecule has 1 aromatic carbocycles. The van der Waals surface area contributed by atoms with Crippen LogP contribution < -0.4 is 16.6 Å². The summed E-state index contributed by atoms with van der Waals surface area (Å²) < 4.78 is 1.59. The van der Waals surface area contributed by atoms with Gasteiger partial charge in [-0.3, -0.25) is 14.6 Å². The molecule has 1 aliphatic carbocycles. The molecule has 1 fully saturated rings. The molecule has 176 valence electrons. The summed E-state index contributed by atoms with van der Waals surface area (Å²) in [6.45, 7) is 2.98. The molecule has 8 heteroatoms. The number of carbonyl (C=O) groups is 1. The van der Waals surface area contributed by atoms with Crippen LogP contribution in [0.3, 0.4) is 0 Å². The third kappa shape index (κ3) is 5.13. The summed E-state index contributed by atoms with van der Waals surface area (Å²) in [5, 5.41) is 12.7. The molecule has 34 heavy (non-hydrogen) atoms. The maximum Gasteiger partial charge on any atom is 0.250 e. The van der Waals surface area contributed by atoms with E-state index in [9.17, 15) is 14.7 Å². The fraction of sp³-hybridized carbons (Fsp3) is 0.308. The van der Waals surface area contributed by atoms with E-state index in [0.29, 0.717) is 29.2 Å². The lowest BCUT2D eigenvalue weighted by Crippen LogP contribution is -2.25. The zero-order valence-electron chi connectivity index (χ0n) is 19.4. The Bertz CT molecular complexity index is 1290. The third-order valence-electron chi connectivity index (χ3n) is 6.22. The van der Waals surface area contributed by atoms with E-state index in [1.807, 2.05) is 31.3 Å². The van der Waals surface area contributed by atoms with Gasteiger partial charge in [-0.05, 0) is 44.0 Å². The van der Waals surface area contributed by atoms with E-state index in [4.69, 9.17) is 5.73 Å². The molecular weight excluding hydrogens is 430 g/mol. The number of nitrogens with two attached hydrogens (primary N) is 1. The molecule has 2 heterocycles. The van der Waals surface area contributed by atoms with Crippen LogP contribution in [0.15, 0.2) is 59.7 Å². The third-order valence-corrected chi connectivity index (χ3v) is 6.22. The predicted molar refractivity (Wildman–Crippen MR) is 131 cm³/mol. The number of pyridine rings is 1. The van der Waals surface area contributed by atoms with Gasteiger partial charge in [0.1, 0.15) is 5.69 Å². The monoisotopic (exact) mass is 459 g/mol. The normalized spacial score (nSPS) is 14.7. The second-order valence-electron chi connectivity index (χ2n) is 8.92. The van der Waals surface area contributed by atoms with Gasteiger partial charge >= 0.3 is 0 Å². The molecule has 0 saturated heterocycles. The van der Waals surface area contributed by atoms with Crippen LogP contribution >= 0.6 is 0 Å². The molecule has 0 atom stereocenters. The summed E-state index contributed by atoms with van der Waals surface area (Å²) in [6, 6.07) is 10.8. The van der Waals surface area contributed by atoms with Gasteiger partial charge in [-0.25, -0.2) is 4.98 Å². The van der Waals surface area contributed by atoms with E-state index in [2.05, 4.69) is 15.3 Å². The van der Waals surface area contributed by atoms with Crippen molar-refractivity contribution in [1.29, 1.82) is 0 Å². The zero-order chi connectivity index (χ0) is 24.3. The molecule has 1 aliphatic rings. The van der Waals surface area contributed by atoms with Crippen LogP contribution in [0.1, 0.15) is 40.2 Å². The number of nitrogens with one attached hydrogen (secondary N) is 1. The maximum atomic E-state index is 13.0. The minimum absolute atomic E-state index is 0.0542. The highest BCUT2D eigenvalue weighted by molar-refractivity contribution is 6.07. The number of benzene rings is 1. The molecule has 0 unspecified atom stereocenters. The summed E-state index contributed by atoms with van der Waals surface area (Å²) in [4.78, 5) is 34.2. The summed E-state index contributed by atoms with van der Waals surface area (Å²) in [5.74, 6) is -0.339. The van der Waals surface area contributed by atoms with Gasteiger partial charge in [0, 0.05) is 48.1 Å². The molecule has 8 nitrogen and oxygen atoms in total. The number of aromatic nitrogens is 3. The van der Waals surface area contributed by atoms with E-state index in [1.54, 1.807) is 30.0 Å². The molecule has 0 aliphatic heterocycles. The Labute approximate surface area is 198 Å². The molecule has 4 N–H and O–H groups in total. The average molecular weight is 460 g/mol. The zero-order valence-corrected chi connectivity index (χ0v) is 19.4. The van der Waals surface area contributed by atoms with Crippen molar-refractivity contribution in [2.75, 3.05) is 13.7 Å². The smallest absolute Gasteiger partial charge is 0.250 e. The van der Waals surface area contributed by atoms with Crippen LogP contribution in [-0.4, -0.2) is 39.1 Å². The minimum Gasteiger partial charge on any atom is -0.398 e. The summed E-state index contributed by atoms with van der Waals surface area (Å²) in [5.41, 5.74) is 9.91. The van der Waals surface area contributed by atoms with Crippen LogP contribution in [0, 0.1) is 12.3 Å². The predicted octanol–water partition coefficient (Wildman–Crippen LogP) is 2.29. The highest BCUT2D eigenvalue weighted by Crippen LogP contribution is 2.46. The van der Waals surface area contributed by atoms with Crippen molar-refractivity contribution in [2.45, 2.75) is 32.9 Å². The van der Waals surface area contributed by atoms with Crippen molar-refractivity contribution in [3.8, 4) is 11.3 Å². The first-order valence-electron chi connectivity index (χ1n) is 11.2. The van der Waals surface area contributed by atoms with E-state index < -0.39 is 0 Å². The molecule has 0 spiro atoms. The van der Waals surface area contributed by atoms with Gasteiger partial charge in [0.05, 0.1) is 24.2 Å². The first-order chi connectivity index (χ1) is 16.3. The highest BCUT2D eigenvalue weighted by Gasteiger charge is 2.42. The number of allylic oxidation sites excluding steroid dienone is 1. The number of ketones is 1. The van der Waals surface area contributed by atoms with Crippen LogP contribution in [0.4, 0.5) is 0 Å². The summed E-state index contributed by atoms with van der Waals surface area (Å²) in [7, 11) is 1.88. The summed E-state index contributed by atoms with van der Waals surface area (Å²) in [6.07, 6.45) is 6.46. The fourth-order valence-electron chi connectivity index (χ4n) is 3.84. The van der Waals surface area contributed by atoms with Gasteiger partial charge in [-0.15, -0.1) is 0 Å². The molecule has 2 aromatic heterocycles. The van der Waals surface area contributed by atoms with Crippen molar-refractivity contribution < 1.29 is 9.90 Å². The minimum atomic E-state index is -0.339. The van der Waals surface area contributed by atoms with E-state index in [1.165, 1.54) is 12.1 Å². The number of hydrogen-bond acceptors (Lipinski definition) is 7. The van der Waals surface area contributed by atoms with Gasteiger partial charge in [0.2, 0.25) is 5.78 Å². The molecule has 0 amide bonds. The second kappa shape index (κ2) is 9.70. The Morgan fingerprint density at radius 3 is 2.62 bits per heavy atom. The number of aliphatic hydroxyl groups is 1. The largest absolute Gasteiger partial charge is 0.398 e. The first-order valence-corrected chi connectivity index (χ1v) is 11.2. The lowest BCUT2D eigenvalue weighted by molar-refractivity contribution is 0.104. The van der Waals surface area contributed by atoms with E-state index in [-0.39, 0.29) is 29.1 Å². The number of carbonyl (C=O) groups excluding carboxylic acids is 1.